The number of benzene rings is 3. The Labute approximate surface area is 176 Å². The molecule has 6 heteroatoms. The van der Waals surface area contributed by atoms with Crippen molar-refractivity contribution in [1.82, 2.24) is 5.32 Å². The molecule has 0 spiro atoms. The Balaban J connectivity index is 1.89. The Morgan fingerprint density at radius 3 is 2.18 bits per heavy atom. The quantitative estimate of drug-likeness (QED) is 0.498. The van der Waals surface area contributed by atoms with Crippen LogP contribution >= 0.6 is 27.5 Å². The zero-order chi connectivity index (χ0) is 19.9. The van der Waals surface area contributed by atoms with Gasteiger partial charge in [-0.25, -0.2) is 0 Å². The second-order valence-electron chi connectivity index (χ2n) is 5.86. The van der Waals surface area contributed by atoms with E-state index >= 15 is 0 Å². The van der Waals surface area contributed by atoms with Crippen LogP contribution in [-0.4, -0.2) is 11.8 Å². The van der Waals surface area contributed by atoms with E-state index in [0.29, 0.717) is 16.3 Å². The lowest BCUT2D eigenvalue weighted by Gasteiger charge is -2.12. The number of carbonyl (C=O) groups excluding carboxylic acids is 2. The van der Waals surface area contributed by atoms with Crippen LogP contribution in [0.2, 0.25) is 5.02 Å². The number of anilines is 1. The van der Waals surface area contributed by atoms with Gasteiger partial charge in [0.25, 0.3) is 11.8 Å². The van der Waals surface area contributed by atoms with Crippen LogP contribution in [0.1, 0.15) is 15.9 Å². The highest BCUT2D eigenvalue weighted by Crippen LogP contribution is 2.17. The number of amides is 2. The number of halogens is 2. The standard InChI is InChI=1S/C22H16BrClN2O2/c23-16-12-10-15(11-13-16)14-20(22(28)25-17-6-2-1-3-7-17)26-21(27)18-8-4-5-9-19(18)24/h1-14H,(H,25,28)(H,26,27)/b20-14-. The summed E-state index contributed by atoms with van der Waals surface area (Å²) in [6.45, 7) is 0. The molecule has 0 aromatic heterocycles. The van der Waals surface area contributed by atoms with Crippen LogP contribution in [0.25, 0.3) is 6.08 Å². The van der Waals surface area contributed by atoms with Gasteiger partial charge < -0.3 is 10.6 Å². The summed E-state index contributed by atoms with van der Waals surface area (Å²) in [7, 11) is 0. The van der Waals surface area contributed by atoms with Crippen molar-refractivity contribution in [2.45, 2.75) is 0 Å². The van der Waals surface area contributed by atoms with E-state index in [1.165, 1.54) is 0 Å². The lowest BCUT2D eigenvalue weighted by atomic mass is 10.1. The molecule has 0 aliphatic carbocycles. The molecule has 3 rings (SSSR count). The molecule has 0 atom stereocenters. The molecular weight excluding hydrogens is 440 g/mol. The van der Waals surface area contributed by atoms with Crippen molar-refractivity contribution in [3.8, 4) is 0 Å². The third-order valence-corrected chi connectivity index (χ3v) is 4.68. The van der Waals surface area contributed by atoms with Gasteiger partial charge in [-0.2, -0.15) is 0 Å². The van der Waals surface area contributed by atoms with Crippen LogP contribution in [0.5, 0.6) is 0 Å². The van der Waals surface area contributed by atoms with Crippen molar-refractivity contribution < 1.29 is 9.59 Å². The van der Waals surface area contributed by atoms with E-state index in [2.05, 4.69) is 26.6 Å². The monoisotopic (exact) mass is 454 g/mol. The fourth-order valence-electron chi connectivity index (χ4n) is 2.44. The van der Waals surface area contributed by atoms with E-state index in [9.17, 15) is 9.59 Å². The zero-order valence-corrected chi connectivity index (χ0v) is 17.0. The molecule has 2 amide bonds. The van der Waals surface area contributed by atoms with Crippen molar-refractivity contribution >= 4 is 51.1 Å². The minimum absolute atomic E-state index is 0.107. The maximum atomic E-state index is 12.8. The summed E-state index contributed by atoms with van der Waals surface area (Å²) in [5, 5.41) is 5.76. The van der Waals surface area contributed by atoms with Gasteiger partial charge in [0.2, 0.25) is 0 Å². The van der Waals surface area contributed by atoms with Crippen LogP contribution in [0.4, 0.5) is 5.69 Å². The Morgan fingerprint density at radius 2 is 1.50 bits per heavy atom. The average molecular weight is 456 g/mol. The first-order valence-electron chi connectivity index (χ1n) is 8.42. The van der Waals surface area contributed by atoms with E-state index in [1.54, 1.807) is 42.5 Å². The summed E-state index contributed by atoms with van der Waals surface area (Å²) in [5.41, 5.74) is 1.79. The molecule has 3 aromatic rings. The highest BCUT2D eigenvalue weighted by atomic mass is 79.9. The van der Waals surface area contributed by atoms with Crippen molar-refractivity contribution in [3.05, 3.63) is 105 Å². The number of nitrogens with one attached hydrogen (secondary N) is 2. The normalized spacial score (nSPS) is 11.0. The lowest BCUT2D eigenvalue weighted by Crippen LogP contribution is -2.30. The molecule has 0 heterocycles. The molecule has 140 valence electrons. The van der Waals surface area contributed by atoms with E-state index in [1.807, 2.05) is 42.5 Å². The largest absolute Gasteiger partial charge is 0.321 e. The molecule has 2 N–H and O–H groups in total. The van der Waals surface area contributed by atoms with Crippen LogP contribution in [-0.2, 0) is 4.79 Å². The van der Waals surface area contributed by atoms with Crippen molar-refractivity contribution in [3.63, 3.8) is 0 Å². The van der Waals surface area contributed by atoms with Crippen molar-refractivity contribution in [1.29, 1.82) is 0 Å². The fourth-order valence-corrected chi connectivity index (χ4v) is 2.92. The highest BCUT2D eigenvalue weighted by Gasteiger charge is 2.16. The number of hydrogen-bond donors (Lipinski definition) is 2. The smallest absolute Gasteiger partial charge is 0.272 e. The molecular formula is C22H16BrClN2O2. The maximum Gasteiger partial charge on any atom is 0.272 e. The molecule has 0 fully saturated rings. The van der Waals surface area contributed by atoms with E-state index in [0.717, 1.165) is 10.0 Å². The van der Waals surface area contributed by atoms with E-state index < -0.39 is 11.8 Å². The van der Waals surface area contributed by atoms with Gasteiger partial charge in [0.05, 0.1) is 10.6 Å². The van der Waals surface area contributed by atoms with Gasteiger partial charge >= 0.3 is 0 Å². The predicted octanol–water partition coefficient (Wildman–Crippen LogP) is 5.51. The Morgan fingerprint density at radius 1 is 0.857 bits per heavy atom. The molecule has 0 radical (unpaired) electrons. The van der Waals surface area contributed by atoms with Gasteiger partial charge in [0.1, 0.15) is 5.70 Å². The van der Waals surface area contributed by atoms with Gasteiger partial charge in [0.15, 0.2) is 0 Å². The average Bonchev–Trinajstić information content (AvgIpc) is 2.70. The Kier molecular flexibility index (Phi) is 6.63. The van der Waals surface area contributed by atoms with Crippen molar-refractivity contribution in [2.75, 3.05) is 5.32 Å². The molecule has 0 bridgehead atoms. The summed E-state index contributed by atoms with van der Waals surface area (Å²) >= 11 is 9.48. The molecule has 0 aliphatic heterocycles. The first kappa shape index (κ1) is 19.9. The molecule has 0 saturated carbocycles. The SMILES string of the molecule is O=C(Nc1ccccc1)/C(=C/c1ccc(Br)cc1)NC(=O)c1ccccc1Cl. The first-order chi connectivity index (χ1) is 13.5. The Bertz CT molecular complexity index is 1020. The van der Waals surface area contributed by atoms with Crippen LogP contribution in [0.15, 0.2) is 89.0 Å². The molecule has 28 heavy (non-hydrogen) atoms. The highest BCUT2D eigenvalue weighted by molar-refractivity contribution is 9.10. The predicted molar refractivity (Wildman–Crippen MR) is 116 cm³/mol. The molecule has 0 aliphatic rings. The molecule has 0 unspecified atom stereocenters. The summed E-state index contributed by atoms with van der Waals surface area (Å²) < 4.78 is 0.917. The minimum Gasteiger partial charge on any atom is -0.321 e. The molecule has 4 nitrogen and oxygen atoms in total. The maximum absolute atomic E-state index is 12.8. The number of hydrogen-bond acceptors (Lipinski definition) is 2. The van der Waals surface area contributed by atoms with E-state index in [-0.39, 0.29) is 5.70 Å². The van der Waals surface area contributed by atoms with Crippen molar-refractivity contribution in [2.24, 2.45) is 0 Å². The minimum atomic E-state index is -0.461. The third kappa shape index (κ3) is 5.31. The first-order valence-corrected chi connectivity index (χ1v) is 9.59. The number of rotatable bonds is 5. The summed E-state index contributed by atoms with van der Waals surface area (Å²) in [6.07, 6.45) is 1.61. The lowest BCUT2D eigenvalue weighted by molar-refractivity contribution is -0.113. The second kappa shape index (κ2) is 9.35. The van der Waals surface area contributed by atoms with Gasteiger partial charge in [0, 0.05) is 10.2 Å². The van der Waals surface area contributed by atoms with E-state index in [4.69, 9.17) is 11.6 Å². The summed E-state index contributed by atoms with van der Waals surface area (Å²) in [5.74, 6) is -0.897. The number of para-hydroxylation sites is 1. The molecule has 0 saturated heterocycles. The zero-order valence-electron chi connectivity index (χ0n) is 14.7. The van der Waals surface area contributed by atoms with Gasteiger partial charge in [-0.3, -0.25) is 9.59 Å². The third-order valence-electron chi connectivity index (χ3n) is 3.82. The number of carbonyl (C=O) groups is 2. The second-order valence-corrected chi connectivity index (χ2v) is 7.19. The molecule has 3 aromatic carbocycles. The summed E-state index contributed by atoms with van der Waals surface area (Å²) in [6, 6.07) is 23.1. The van der Waals surface area contributed by atoms with Crippen LogP contribution < -0.4 is 10.6 Å². The summed E-state index contributed by atoms with van der Waals surface area (Å²) in [4.78, 5) is 25.5. The van der Waals surface area contributed by atoms with Gasteiger partial charge in [-0.05, 0) is 48.0 Å². The Hall–Kier alpha value is -2.89. The van der Waals surface area contributed by atoms with Crippen LogP contribution in [0.3, 0.4) is 0 Å². The van der Waals surface area contributed by atoms with Crippen LogP contribution in [0, 0.1) is 0 Å². The fraction of sp³-hybridized carbons (Fsp3) is 0. The van der Waals surface area contributed by atoms with Gasteiger partial charge in [-0.1, -0.05) is 70.0 Å². The topological polar surface area (TPSA) is 58.2 Å². The van der Waals surface area contributed by atoms with Gasteiger partial charge in [-0.15, -0.1) is 0 Å².